The molecule has 1 aromatic heterocycles. The summed E-state index contributed by atoms with van der Waals surface area (Å²) in [6.45, 7) is 4.08. The van der Waals surface area contributed by atoms with Crippen LogP contribution in [0.1, 0.15) is 35.7 Å². The molecule has 32 heavy (non-hydrogen) atoms. The summed E-state index contributed by atoms with van der Waals surface area (Å²) in [7, 11) is 0. The minimum atomic E-state index is -4.45. The van der Waals surface area contributed by atoms with Crippen molar-refractivity contribution in [1.29, 1.82) is 0 Å². The van der Waals surface area contributed by atoms with Gasteiger partial charge in [0.25, 0.3) is 5.91 Å². The summed E-state index contributed by atoms with van der Waals surface area (Å²) < 4.78 is 54.3. The van der Waals surface area contributed by atoms with Crippen molar-refractivity contribution in [2.24, 2.45) is 0 Å². The number of carbonyl (C=O) groups is 1. The molecule has 0 saturated heterocycles. The highest BCUT2D eigenvalue weighted by Gasteiger charge is 2.30. The molecule has 7 nitrogen and oxygen atoms in total. The molecule has 168 valence electrons. The van der Waals surface area contributed by atoms with Crippen molar-refractivity contribution in [2.75, 3.05) is 13.3 Å². The van der Waals surface area contributed by atoms with Gasteiger partial charge in [0.05, 0.1) is 5.56 Å². The highest BCUT2D eigenvalue weighted by molar-refractivity contribution is 5.94. The van der Waals surface area contributed by atoms with Crippen LogP contribution in [0.5, 0.6) is 11.5 Å². The molecule has 0 saturated carbocycles. The number of hydrogen-bond donors (Lipinski definition) is 0. The molecule has 0 atom stereocenters. The van der Waals surface area contributed by atoms with Crippen molar-refractivity contribution >= 4 is 5.91 Å². The van der Waals surface area contributed by atoms with Crippen molar-refractivity contribution in [3.63, 3.8) is 0 Å². The van der Waals surface area contributed by atoms with Crippen LogP contribution in [0.15, 0.2) is 47.0 Å². The third-order valence-electron chi connectivity index (χ3n) is 5.01. The van der Waals surface area contributed by atoms with Crippen LogP contribution >= 0.6 is 0 Å². The van der Waals surface area contributed by atoms with Gasteiger partial charge < -0.3 is 18.9 Å². The maximum absolute atomic E-state index is 12.9. The van der Waals surface area contributed by atoms with Gasteiger partial charge >= 0.3 is 6.18 Å². The fourth-order valence-electron chi connectivity index (χ4n) is 3.29. The van der Waals surface area contributed by atoms with E-state index in [0.717, 1.165) is 12.1 Å². The Kier molecular flexibility index (Phi) is 5.77. The molecule has 0 fully saturated rings. The number of rotatable bonds is 6. The second-order valence-corrected chi connectivity index (χ2v) is 7.50. The molecule has 4 rings (SSSR count). The van der Waals surface area contributed by atoms with E-state index in [1.165, 1.54) is 12.1 Å². The molecule has 0 N–H and O–H groups in total. The zero-order chi connectivity index (χ0) is 22.9. The maximum atomic E-state index is 12.9. The van der Waals surface area contributed by atoms with Gasteiger partial charge in [0, 0.05) is 30.1 Å². The molecule has 0 spiro atoms. The van der Waals surface area contributed by atoms with E-state index in [1.807, 2.05) is 13.8 Å². The predicted octanol–water partition coefficient (Wildman–Crippen LogP) is 4.58. The van der Waals surface area contributed by atoms with Gasteiger partial charge in [-0.05, 0) is 56.3 Å². The molecule has 0 unspecified atom stereocenters. The molecule has 2 aromatic carbocycles. The zero-order valence-corrected chi connectivity index (χ0v) is 17.3. The Morgan fingerprint density at radius 2 is 1.81 bits per heavy atom. The number of ether oxygens (including phenoxy) is 2. The molecular formula is C22H20F3N3O4. The van der Waals surface area contributed by atoms with Crippen LogP contribution in [0.4, 0.5) is 13.2 Å². The molecule has 1 amide bonds. The highest BCUT2D eigenvalue weighted by Crippen LogP contribution is 2.35. The lowest BCUT2D eigenvalue weighted by Gasteiger charge is -2.26. The van der Waals surface area contributed by atoms with Gasteiger partial charge in [-0.3, -0.25) is 4.79 Å². The van der Waals surface area contributed by atoms with Crippen LogP contribution in [-0.4, -0.2) is 40.3 Å². The summed E-state index contributed by atoms with van der Waals surface area (Å²) in [6, 6.07) is 9.30. The Morgan fingerprint density at radius 1 is 1.09 bits per heavy atom. The lowest BCUT2D eigenvalue weighted by Crippen LogP contribution is -2.38. The zero-order valence-electron chi connectivity index (χ0n) is 17.3. The average Bonchev–Trinajstić information content (AvgIpc) is 3.42. The quantitative estimate of drug-likeness (QED) is 0.551. The number of aromatic nitrogens is 2. The first-order valence-corrected chi connectivity index (χ1v) is 9.93. The van der Waals surface area contributed by atoms with Crippen molar-refractivity contribution < 1.29 is 32.0 Å². The van der Waals surface area contributed by atoms with Gasteiger partial charge in [-0.1, -0.05) is 5.16 Å². The van der Waals surface area contributed by atoms with Crippen molar-refractivity contribution in [3.8, 4) is 22.9 Å². The summed E-state index contributed by atoms with van der Waals surface area (Å²) in [5.41, 5.74) is 0.0797. The summed E-state index contributed by atoms with van der Waals surface area (Å²) in [5, 5.41) is 3.98. The first-order valence-electron chi connectivity index (χ1n) is 9.93. The van der Waals surface area contributed by atoms with E-state index in [0.29, 0.717) is 35.2 Å². The third-order valence-corrected chi connectivity index (χ3v) is 5.01. The Bertz CT molecular complexity index is 1110. The van der Waals surface area contributed by atoms with Crippen molar-refractivity contribution in [1.82, 2.24) is 15.0 Å². The second-order valence-electron chi connectivity index (χ2n) is 7.50. The summed E-state index contributed by atoms with van der Waals surface area (Å²) in [6.07, 6.45) is -4.16. The van der Waals surface area contributed by atoms with Crippen molar-refractivity contribution in [2.45, 2.75) is 32.5 Å². The lowest BCUT2D eigenvalue weighted by molar-refractivity contribution is -0.137. The molecule has 0 bridgehead atoms. The standard InChI is InChI=1S/C22H20F3N3O4/c1-13(2)28(21(29)14-3-6-16(7-4-14)22(23,24)25)10-9-19-26-20(27-32-19)15-5-8-17-18(11-15)31-12-30-17/h3-8,11,13H,9-10,12H2,1-2H3. The number of carbonyl (C=O) groups excluding carboxylic acids is 1. The number of benzene rings is 2. The Morgan fingerprint density at radius 3 is 2.50 bits per heavy atom. The number of hydrogen-bond acceptors (Lipinski definition) is 6. The van der Waals surface area contributed by atoms with Gasteiger partial charge in [0.1, 0.15) is 0 Å². The Labute approximate surface area is 181 Å². The molecule has 1 aliphatic rings. The van der Waals surface area contributed by atoms with E-state index in [2.05, 4.69) is 10.1 Å². The number of amides is 1. The van der Waals surface area contributed by atoms with Gasteiger partial charge in [-0.15, -0.1) is 0 Å². The minimum Gasteiger partial charge on any atom is -0.454 e. The van der Waals surface area contributed by atoms with E-state index < -0.39 is 11.7 Å². The van der Waals surface area contributed by atoms with Gasteiger partial charge in [0.15, 0.2) is 11.5 Å². The Balaban J connectivity index is 1.44. The Hall–Kier alpha value is -3.56. The first-order chi connectivity index (χ1) is 15.2. The monoisotopic (exact) mass is 447 g/mol. The number of alkyl halides is 3. The van der Waals surface area contributed by atoms with Gasteiger partial charge in [-0.25, -0.2) is 0 Å². The van der Waals surface area contributed by atoms with Gasteiger partial charge in [-0.2, -0.15) is 18.2 Å². The normalized spacial score (nSPS) is 12.9. The second kappa shape index (κ2) is 8.52. The first kappa shape index (κ1) is 21.7. The van der Waals surface area contributed by atoms with E-state index in [9.17, 15) is 18.0 Å². The third kappa shape index (κ3) is 4.53. The molecule has 1 aliphatic heterocycles. The largest absolute Gasteiger partial charge is 0.454 e. The maximum Gasteiger partial charge on any atom is 0.416 e. The highest BCUT2D eigenvalue weighted by atomic mass is 19.4. The average molecular weight is 447 g/mol. The molecule has 0 aliphatic carbocycles. The van der Waals surface area contributed by atoms with Crippen LogP contribution in [-0.2, 0) is 12.6 Å². The fraction of sp³-hybridized carbons (Fsp3) is 0.318. The smallest absolute Gasteiger partial charge is 0.416 e. The van der Waals surface area contributed by atoms with E-state index >= 15 is 0 Å². The fourth-order valence-corrected chi connectivity index (χ4v) is 3.29. The van der Waals surface area contributed by atoms with Gasteiger partial charge in [0.2, 0.25) is 18.5 Å². The van der Waals surface area contributed by atoms with Crippen LogP contribution in [0.3, 0.4) is 0 Å². The van der Waals surface area contributed by atoms with Crippen LogP contribution in [0.25, 0.3) is 11.4 Å². The minimum absolute atomic E-state index is 0.161. The summed E-state index contributed by atoms with van der Waals surface area (Å²) in [5.74, 6) is 1.59. The van der Waals surface area contributed by atoms with E-state index in [-0.39, 0.29) is 30.9 Å². The molecular weight excluding hydrogens is 427 g/mol. The topological polar surface area (TPSA) is 77.7 Å². The number of fused-ring (bicyclic) bond motifs is 1. The molecule has 0 radical (unpaired) electrons. The molecule has 3 aromatic rings. The number of nitrogens with zero attached hydrogens (tertiary/aromatic N) is 3. The van der Waals surface area contributed by atoms with Crippen molar-refractivity contribution in [3.05, 3.63) is 59.5 Å². The lowest BCUT2D eigenvalue weighted by atomic mass is 10.1. The molecule has 2 heterocycles. The van der Waals surface area contributed by atoms with Crippen LogP contribution < -0.4 is 9.47 Å². The molecule has 10 heteroatoms. The predicted molar refractivity (Wildman–Crippen MR) is 107 cm³/mol. The summed E-state index contributed by atoms with van der Waals surface area (Å²) in [4.78, 5) is 18.8. The van der Waals surface area contributed by atoms with E-state index in [1.54, 1.807) is 23.1 Å². The van der Waals surface area contributed by atoms with Crippen LogP contribution in [0.2, 0.25) is 0 Å². The van der Waals surface area contributed by atoms with E-state index in [4.69, 9.17) is 14.0 Å². The number of halogens is 3. The summed E-state index contributed by atoms with van der Waals surface area (Å²) >= 11 is 0. The SMILES string of the molecule is CC(C)N(CCc1nc(-c2ccc3c(c2)OCO3)no1)C(=O)c1ccc(C(F)(F)F)cc1. The van der Waals surface area contributed by atoms with Crippen LogP contribution in [0, 0.1) is 0 Å².